The number of aromatic nitrogens is 1. The second-order valence-electron chi connectivity index (χ2n) is 1.66. The lowest BCUT2D eigenvalue weighted by atomic mass is 9.08. The number of hydrogen-bond donors (Lipinski definition) is 1. The Morgan fingerprint density at radius 2 is 2.09 bits per heavy atom. The third-order valence-electron chi connectivity index (χ3n) is 0.646. The van der Waals surface area contributed by atoms with Crippen molar-refractivity contribution in [1.29, 1.82) is 0 Å². The second-order valence-corrected chi connectivity index (χ2v) is 2.56. The van der Waals surface area contributed by atoms with Crippen molar-refractivity contribution in [2.45, 2.75) is 0 Å². The predicted molar refractivity (Wildman–Crippen MR) is 54.7 cm³/mol. The number of nitrogens with zero attached hydrogens (tertiary/aromatic N) is 1. The molecule has 1 aromatic rings. The molecular formula is C4H6B4N2S. The van der Waals surface area contributed by atoms with E-state index in [-0.39, 0.29) is 0 Å². The summed E-state index contributed by atoms with van der Waals surface area (Å²) < 4.78 is 0. The van der Waals surface area contributed by atoms with Crippen LogP contribution in [0.2, 0.25) is 0 Å². The SMILES string of the molecule is CNc1nccs1.[B]B([B])[B]. The molecule has 0 aromatic carbocycles. The third-order valence-corrected chi connectivity index (χ3v) is 1.44. The van der Waals surface area contributed by atoms with Crippen LogP contribution in [0.1, 0.15) is 0 Å². The summed E-state index contributed by atoms with van der Waals surface area (Å²) in [6.45, 7) is 0. The van der Waals surface area contributed by atoms with Crippen LogP contribution in [0.5, 0.6) is 0 Å². The van der Waals surface area contributed by atoms with Gasteiger partial charge in [-0.3, -0.25) is 0 Å². The van der Waals surface area contributed by atoms with Gasteiger partial charge in [0.15, 0.2) is 5.13 Å². The van der Waals surface area contributed by atoms with Crippen LogP contribution in [0.4, 0.5) is 5.13 Å². The maximum atomic E-state index is 4.67. The van der Waals surface area contributed by atoms with Crippen LogP contribution >= 0.6 is 11.3 Å². The molecule has 7 heteroatoms. The van der Waals surface area contributed by atoms with E-state index in [0.717, 1.165) is 5.13 Å². The highest BCUT2D eigenvalue weighted by atomic mass is 32.1. The van der Waals surface area contributed by atoms with Gasteiger partial charge in [0.2, 0.25) is 0 Å². The summed E-state index contributed by atoms with van der Waals surface area (Å²) in [4.78, 5) is 3.94. The molecule has 2 nitrogen and oxygen atoms in total. The van der Waals surface area contributed by atoms with Crippen LogP contribution in [-0.2, 0) is 0 Å². The number of anilines is 1. The molecule has 0 bridgehead atoms. The zero-order valence-corrected chi connectivity index (χ0v) is 7.14. The second kappa shape index (κ2) is 6.40. The van der Waals surface area contributed by atoms with E-state index < -0.39 is 6.39 Å². The van der Waals surface area contributed by atoms with Gasteiger partial charge in [0.05, 0.1) is 0 Å². The van der Waals surface area contributed by atoms with Gasteiger partial charge in [-0.2, -0.15) is 0 Å². The molecule has 0 aliphatic rings. The molecule has 1 N–H and O–H groups in total. The first-order valence-electron chi connectivity index (χ1n) is 3.00. The Kier molecular flexibility index (Phi) is 6.22. The van der Waals surface area contributed by atoms with Crippen molar-refractivity contribution in [3.63, 3.8) is 0 Å². The fourth-order valence-electron chi connectivity index (χ4n) is 0.347. The largest absolute Gasteiger partial charge is 0.365 e. The minimum atomic E-state index is -0.667. The van der Waals surface area contributed by atoms with Crippen LogP contribution in [0.25, 0.3) is 0 Å². The Morgan fingerprint density at radius 1 is 1.55 bits per heavy atom. The van der Waals surface area contributed by atoms with Crippen molar-refractivity contribution in [3.05, 3.63) is 11.6 Å². The van der Waals surface area contributed by atoms with Crippen molar-refractivity contribution < 1.29 is 0 Å². The summed E-state index contributed by atoms with van der Waals surface area (Å²) in [6.07, 6.45) is 1.11. The normalized spacial score (nSPS) is 7.73. The summed E-state index contributed by atoms with van der Waals surface area (Å²) in [5.74, 6) is 0. The van der Waals surface area contributed by atoms with Gasteiger partial charge in [-0.15, -0.1) is 11.3 Å². The monoisotopic (exact) mass is 158 g/mol. The Morgan fingerprint density at radius 3 is 2.27 bits per heavy atom. The van der Waals surface area contributed by atoms with E-state index in [1.165, 1.54) is 0 Å². The van der Waals surface area contributed by atoms with E-state index in [0.29, 0.717) is 0 Å². The molecule has 0 amide bonds. The minimum Gasteiger partial charge on any atom is -0.365 e. The average molecular weight is 157 g/mol. The van der Waals surface area contributed by atoms with Crippen molar-refractivity contribution in [2.75, 3.05) is 12.4 Å². The zero-order valence-electron chi connectivity index (χ0n) is 6.32. The zero-order chi connectivity index (χ0) is 8.69. The third kappa shape index (κ3) is 7.59. The number of thiazole rings is 1. The number of rotatable bonds is 1. The molecule has 0 spiro atoms. The quantitative estimate of drug-likeness (QED) is 0.564. The maximum Gasteiger partial charge on any atom is 0.182 e. The molecule has 1 aromatic heterocycles. The molecule has 11 heavy (non-hydrogen) atoms. The molecule has 1 rings (SSSR count). The van der Waals surface area contributed by atoms with Crippen molar-refractivity contribution >= 4 is 46.1 Å². The molecule has 50 valence electrons. The van der Waals surface area contributed by atoms with Crippen LogP contribution in [-0.4, -0.2) is 41.6 Å². The van der Waals surface area contributed by atoms with Gasteiger partial charge >= 0.3 is 0 Å². The molecule has 0 saturated heterocycles. The first-order chi connectivity index (χ1) is 5.16. The maximum absolute atomic E-state index is 4.67. The molecule has 6 radical (unpaired) electrons. The Bertz CT molecular complexity index is 164. The Hall–Kier alpha value is -0.310. The van der Waals surface area contributed by atoms with Gasteiger partial charge in [0, 0.05) is 48.2 Å². The van der Waals surface area contributed by atoms with Crippen LogP contribution in [0.3, 0.4) is 0 Å². The highest BCUT2D eigenvalue weighted by Gasteiger charge is 1.82. The molecule has 1 heterocycles. The van der Waals surface area contributed by atoms with Crippen molar-refractivity contribution in [3.8, 4) is 0 Å². The van der Waals surface area contributed by atoms with Crippen LogP contribution in [0, 0.1) is 0 Å². The van der Waals surface area contributed by atoms with Gasteiger partial charge in [-0.05, 0) is 0 Å². The fourth-order valence-corrected chi connectivity index (χ4v) is 0.837. The van der Waals surface area contributed by atoms with E-state index in [9.17, 15) is 0 Å². The molecular weight excluding hydrogens is 151 g/mol. The van der Waals surface area contributed by atoms with E-state index in [1.54, 1.807) is 17.5 Å². The Labute approximate surface area is 75.4 Å². The minimum absolute atomic E-state index is 0.667. The molecule has 0 unspecified atom stereocenters. The fraction of sp³-hybridized carbons (Fsp3) is 0.250. The molecule has 0 fully saturated rings. The first kappa shape index (κ1) is 10.7. The Balaban J connectivity index is 0.000000218. The van der Waals surface area contributed by atoms with Gasteiger partial charge in [0.1, 0.15) is 0 Å². The van der Waals surface area contributed by atoms with Crippen LogP contribution in [0.15, 0.2) is 11.6 Å². The first-order valence-corrected chi connectivity index (χ1v) is 3.88. The molecule has 0 saturated carbocycles. The summed E-state index contributed by atoms with van der Waals surface area (Å²) in [5, 5.41) is 5.82. The van der Waals surface area contributed by atoms with Gasteiger partial charge in [-0.25, -0.2) is 4.98 Å². The van der Waals surface area contributed by atoms with E-state index in [4.69, 9.17) is 0 Å². The van der Waals surface area contributed by atoms with E-state index in [1.807, 2.05) is 12.4 Å². The molecule has 0 atom stereocenters. The summed E-state index contributed by atoms with van der Waals surface area (Å²) in [6, 6.07) is 0. The topological polar surface area (TPSA) is 24.9 Å². The predicted octanol–water partition coefficient (Wildman–Crippen LogP) is -0.338. The van der Waals surface area contributed by atoms with Gasteiger partial charge in [-0.1, -0.05) is 0 Å². The lowest BCUT2D eigenvalue weighted by Crippen LogP contribution is -2.11. The van der Waals surface area contributed by atoms with Crippen molar-refractivity contribution in [2.24, 2.45) is 0 Å². The van der Waals surface area contributed by atoms with Crippen LogP contribution < -0.4 is 5.32 Å². The van der Waals surface area contributed by atoms with E-state index >= 15 is 0 Å². The standard InChI is InChI=1S/C4H6N2S.B4/c1-5-4-6-2-3-7-4;1-4(2)3/h2-3H,1H3,(H,5,6);. The summed E-state index contributed by atoms with van der Waals surface area (Å²) >= 11 is 1.60. The number of nitrogens with one attached hydrogen (secondary N) is 1. The summed E-state index contributed by atoms with van der Waals surface area (Å²) in [7, 11) is 15.9. The number of hydrogen-bond acceptors (Lipinski definition) is 3. The van der Waals surface area contributed by atoms with E-state index in [2.05, 4.69) is 33.5 Å². The van der Waals surface area contributed by atoms with Crippen molar-refractivity contribution in [1.82, 2.24) is 4.98 Å². The highest BCUT2D eigenvalue weighted by Crippen LogP contribution is 2.07. The molecule has 0 aliphatic carbocycles. The smallest absolute Gasteiger partial charge is 0.182 e. The lowest BCUT2D eigenvalue weighted by Gasteiger charge is -1.84. The van der Waals surface area contributed by atoms with Gasteiger partial charge < -0.3 is 5.32 Å². The molecule has 0 aliphatic heterocycles. The highest BCUT2D eigenvalue weighted by molar-refractivity contribution is 7.49. The van der Waals surface area contributed by atoms with Gasteiger partial charge in [0.25, 0.3) is 0 Å². The lowest BCUT2D eigenvalue weighted by molar-refractivity contribution is 1.37. The average Bonchev–Trinajstić information content (AvgIpc) is 2.36. The summed E-state index contributed by atoms with van der Waals surface area (Å²) in [5.41, 5.74) is 0.